The summed E-state index contributed by atoms with van der Waals surface area (Å²) < 4.78 is 15.8. The molecule has 1 fully saturated rings. The summed E-state index contributed by atoms with van der Waals surface area (Å²) in [6.45, 7) is -1.25. The molecule has 5 atom stereocenters. The standard InChI is InChI=1S/C27H40N7O11PS/c28-17(15-47)23(37)33-20(14-45-46(42,43)44)27(41)34-11-4-7-21(34)26(40)31-18(8-9-22(29)36)25(39)32-19(24(38)30-10-12-35)13-16-5-2-1-3-6-16/h1-3,5-6,12,17-21,47H,4,7-11,13-15,28H2,(H2,29,36)(H,30,38)(H,31,40)(H,32,39)(H,33,37)(H2,42,43,44)/t17-,18-,19-,20-,21-/m0/s1. The third-order valence-corrected chi connectivity index (χ3v) is 7.86. The molecule has 1 aromatic rings. The molecule has 20 heteroatoms. The molecular weight excluding hydrogens is 661 g/mol. The molecule has 0 unspecified atom stereocenters. The molecule has 0 aromatic heterocycles. The first kappa shape index (κ1) is 39.3. The van der Waals surface area contributed by atoms with E-state index in [9.17, 15) is 38.1 Å². The van der Waals surface area contributed by atoms with Gasteiger partial charge in [0, 0.05) is 25.1 Å². The Bertz CT molecular complexity index is 1330. The van der Waals surface area contributed by atoms with E-state index in [1.54, 1.807) is 30.3 Å². The number of likely N-dealkylation sites (tertiary alicyclic amines) is 1. The highest BCUT2D eigenvalue weighted by Gasteiger charge is 2.40. The fourth-order valence-electron chi connectivity index (χ4n) is 4.63. The molecule has 0 saturated carbocycles. The van der Waals surface area contributed by atoms with Gasteiger partial charge in [0.05, 0.1) is 19.2 Å². The lowest BCUT2D eigenvalue weighted by atomic mass is 10.0. The van der Waals surface area contributed by atoms with Crippen LogP contribution in [-0.2, 0) is 49.1 Å². The minimum Gasteiger partial charge on any atom is -0.370 e. The van der Waals surface area contributed by atoms with E-state index in [1.165, 1.54) is 0 Å². The summed E-state index contributed by atoms with van der Waals surface area (Å²) in [4.78, 5) is 107. The summed E-state index contributed by atoms with van der Waals surface area (Å²) in [5, 5.41) is 9.68. The molecule has 1 aliphatic heterocycles. The Hall–Kier alpha value is -3.87. The second-order valence-electron chi connectivity index (χ2n) is 10.6. The molecule has 1 heterocycles. The van der Waals surface area contributed by atoms with Gasteiger partial charge in [-0.3, -0.25) is 33.3 Å². The highest BCUT2D eigenvalue weighted by molar-refractivity contribution is 7.80. The number of phosphoric acid groups is 1. The molecule has 0 spiro atoms. The first-order valence-corrected chi connectivity index (χ1v) is 16.6. The third-order valence-electron chi connectivity index (χ3n) is 6.98. The van der Waals surface area contributed by atoms with Crippen molar-refractivity contribution < 1.29 is 52.4 Å². The van der Waals surface area contributed by atoms with Crippen LogP contribution in [0, 0.1) is 0 Å². The van der Waals surface area contributed by atoms with Crippen molar-refractivity contribution in [3.8, 4) is 0 Å². The number of carbonyl (C=O) groups excluding carboxylic acids is 7. The summed E-state index contributed by atoms with van der Waals surface area (Å²) in [6, 6.07) is 2.06. The zero-order valence-electron chi connectivity index (χ0n) is 25.3. The van der Waals surface area contributed by atoms with Gasteiger partial charge in [-0.1, -0.05) is 30.3 Å². The zero-order chi connectivity index (χ0) is 35.1. The Labute approximate surface area is 275 Å². The Morgan fingerprint density at radius 2 is 1.68 bits per heavy atom. The molecule has 1 aromatic carbocycles. The first-order chi connectivity index (χ1) is 22.2. The molecule has 0 aliphatic carbocycles. The van der Waals surface area contributed by atoms with Crippen molar-refractivity contribution in [2.24, 2.45) is 11.5 Å². The number of phosphoric ester groups is 1. The molecule has 2 rings (SSSR count). The van der Waals surface area contributed by atoms with Crippen molar-refractivity contribution in [1.82, 2.24) is 26.2 Å². The van der Waals surface area contributed by atoms with Gasteiger partial charge in [0.15, 0.2) is 0 Å². The quantitative estimate of drug-likeness (QED) is 0.0388. The van der Waals surface area contributed by atoms with Crippen molar-refractivity contribution in [2.75, 3.05) is 25.4 Å². The first-order valence-electron chi connectivity index (χ1n) is 14.5. The third kappa shape index (κ3) is 13.4. The van der Waals surface area contributed by atoms with Crippen LogP contribution in [-0.4, -0.2) is 112 Å². The van der Waals surface area contributed by atoms with Crippen molar-refractivity contribution >= 4 is 62.2 Å². The summed E-state index contributed by atoms with van der Waals surface area (Å²) in [6.07, 6.45) is 0.326. The fraction of sp³-hybridized carbons (Fsp3) is 0.519. The van der Waals surface area contributed by atoms with Gasteiger partial charge in [-0.2, -0.15) is 12.6 Å². The molecule has 1 saturated heterocycles. The molecule has 10 N–H and O–H groups in total. The van der Waals surface area contributed by atoms with Gasteiger partial charge in [-0.05, 0) is 24.8 Å². The van der Waals surface area contributed by atoms with Crippen LogP contribution >= 0.6 is 20.5 Å². The highest BCUT2D eigenvalue weighted by atomic mass is 32.1. The summed E-state index contributed by atoms with van der Waals surface area (Å²) in [7, 11) is -5.07. The Morgan fingerprint density at radius 3 is 2.28 bits per heavy atom. The topological polar surface area (TPSA) is 290 Å². The lowest BCUT2D eigenvalue weighted by Gasteiger charge is -2.30. The summed E-state index contributed by atoms with van der Waals surface area (Å²) >= 11 is 3.92. The maximum Gasteiger partial charge on any atom is 0.469 e. The smallest absolute Gasteiger partial charge is 0.370 e. The van der Waals surface area contributed by atoms with E-state index in [4.69, 9.17) is 21.3 Å². The van der Waals surface area contributed by atoms with Gasteiger partial charge in [-0.15, -0.1) is 0 Å². The van der Waals surface area contributed by atoms with E-state index < -0.39 is 80.1 Å². The van der Waals surface area contributed by atoms with Crippen LogP contribution in [0.1, 0.15) is 31.2 Å². The fourth-order valence-corrected chi connectivity index (χ4v) is 5.14. The van der Waals surface area contributed by atoms with E-state index in [1.807, 2.05) is 0 Å². The maximum atomic E-state index is 13.5. The number of benzene rings is 1. The van der Waals surface area contributed by atoms with Crippen LogP contribution in [0.4, 0.5) is 0 Å². The molecule has 0 radical (unpaired) electrons. The number of nitrogens with one attached hydrogen (secondary N) is 4. The van der Waals surface area contributed by atoms with Gasteiger partial charge < -0.3 is 52.2 Å². The molecule has 6 amide bonds. The van der Waals surface area contributed by atoms with Crippen LogP contribution in [0.3, 0.4) is 0 Å². The van der Waals surface area contributed by atoms with E-state index in [-0.39, 0.29) is 44.5 Å². The van der Waals surface area contributed by atoms with E-state index in [0.29, 0.717) is 18.3 Å². The normalized spacial score (nSPS) is 17.0. The van der Waals surface area contributed by atoms with Crippen LogP contribution in [0.2, 0.25) is 0 Å². The van der Waals surface area contributed by atoms with E-state index >= 15 is 0 Å². The zero-order valence-corrected chi connectivity index (χ0v) is 27.1. The van der Waals surface area contributed by atoms with Crippen LogP contribution in [0.25, 0.3) is 0 Å². The van der Waals surface area contributed by atoms with Gasteiger partial charge in [0.1, 0.15) is 30.5 Å². The van der Waals surface area contributed by atoms with Gasteiger partial charge >= 0.3 is 7.82 Å². The number of amides is 6. The Kier molecular flexibility index (Phi) is 16.0. The number of hydrogen-bond acceptors (Lipinski definition) is 11. The number of carbonyl (C=O) groups is 7. The average molecular weight is 702 g/mol. The number of thiol groups is 1. The van der Waals surface area contributed by atoms with E-state index in [2.05, 4.69) is 38.4 Å². The molecule has 260 valence electrons. The predicted molar refractivity (Wildman–Crippen MR) is 168 cm³/mol. The number of nitrogens with two attached hydrogens (primary N) is 2. The Morgan fingerprint density at radius 1 is 1.02 bits per heavy atom. The van der Waals surface area contributed by atoms with Crippen LogP contribution in [0.15, 0.2) is 30.3 Å². The average Bonchev–Trinajstić information content (AvgIpc) is 3.52. The minimum absolute atomic E-state index is 0.00598. The van der Waals surface area contributed by atoms with Crippen molar-refractivity contribution in [2.45, 2.75) is 62.3 Å². The maximum absolute atomic E-state index is 13.5. The lowest BCUT2D eigenvalue weighted by molar-refractivity contribution is -0.143. The molecule has 1 aliphatic rings. The second kappa shape index (κ2) is 19.1. The largest absolute Gasteiger partial charge is 0.469 e. The van der Waals surface area contributed by atoms with Crippen molar-refractivity contribution in [3.05, 3.63) is 35.9 Å². The molecule has 47 heavy (non-hydrogen) atoms. The second-order valence-corrected chi connectivity index (χ2v) is 12.2. The SMILES string of the molecule is NC(=O)CC[C@H](NC(=O)[C@@H]1CCCN1C(=O)[C@H](COP(=O)(O)O)NC(=O)[C@@H](N)CS)C(=O)N[C@@H](Cc1ccccc1)C(=O)NCC=O. The molecule has 18 nitrogen and oxygen atoms in total. The van der Waals surface area contributed by atoms with Gasteiger partial charge in [0.25, 0.3) is 0 Å². The lowest BCUT2D eigenvalue weighted by Crippen LogP contribution is -2.59. The molecule has 0 bridgehead atoms. The van der Waals surface area contributed by atoms with Gasteiger partial charge in [0.2, 0.25) is 35.4 Å². The minimum atomic E-state index is -5.07. The van der Waals surface area contributed by atoms with Crippen LogP contribution < -0.4 is 32.7 Å². The number of nitrogens with zero attached hydrogens (tertiary/aromatic N) is 1. The Balaban J connectivity index is 2.27. The van der Waals surface area contributed by atoms with Crippen LogP contribution in [0.5, 0.6) is 0 Å². The summed E-state index contributed by atoms with van der Waals surface area (Å²) in [5.41, 5.74) is 11.6. The number of rotatable bonds is 19. The summed E-state index contributed by atoms with van der Waals surface area (Å²) in [5.74, 6) is -5.01. The molecular formula is C27H40N7O11PS. The number of aldehydes is 1. The number of primary amides is 1. The van der Waals surface area contributed by atoms with E-state index in [0.717, 1.165) is 4.90 Å². The van der Waals surface area contributed by atoms with Gasteiger partial charge in [-0.25, -0.2) is 4.57 Å². The monoisotopic (exact) mass is 701 g/mol. The van der Waals surface area contributed by atoms with Crippen molar-refractivity contribution in [1.29, 1.82) is 0 Å². The highest BCUT2D eigenvalue weighted by Crippen LogP contribution is 2.36. The predicted octanol–water partition coefficient (Wildman–Crippen LogP) is -3.38. The number of hydrogen-bond donors (Lipinski definition) is 9. The van der Waals surface area contributed by atoms with Crippen molar-refractivity contribution in [3.63, 3.8) is 0 Å².